The van der Waals surface area contributed by atoms with Crippen molar-refractivity contribution in [1.29, 1.82) is 0 Å². The lowest BCUT2D eigenvalue weighted by Gasteiger charge is -2.40. The van der Waals surface area contributed by atoms with Crippen molar-refractivity contribution >= 4 is 27.2 Å². The fourth-order valence-corrected chi connectivity index (χ4v) is 7.11. The molecule has 3 aliphatic rings. The highest BCUT2D eigenvalue weighted by Crippen LogP contribution is 2.36. The molecule has 1 N–H and O–H groups in total. The Labute approximate surface area is 207 Å². The number of imidazole rings is 1. The van der Waals surface area contributed by atoms with Gasteiger partial charge >= 0.3 is 0 Å². The van der Waals surface area contributed by atoms with E-state index in [9.17, 15) is 0 Å². The number of aromatic nitrogens is 3. The Hall–Kier alpha value is -2.12. The number of aryl methyl sites for hydroxylation is 1. The number of nitrogens with one attached hydrogen (secondary N) is 1. The molecule has 6 nitrogen and oxygen atoms in total. The molecule has 0 radical (unpaired) electrons. The van der Waals surface area contributed by atoms with Gasteiger partial charge in [-0.05, 0) is 38.7 Å². The fourth-order valence-electron chi connectivity index (χ4n) is 6.15. The van der Waals surface area contributed by atoms with E-state index in [0.717, 1.165) is 53.8 Å². The van der Waals surface area contributed by atoms with Crippen molar-refractivity contribution in [3.05, 3.63) is 29.8 Å². The smallest absolute Gasteiger partial charge is 0.216 e. The number of nitrogens with zero attached hydrogens (tertiary/aromatic N) is 5. The van der Waals surface area contributed by atoms with Gasteiger partial charge in [0.2, 0.25) is 10.1 Å². The van der Waals surface area contributed by atoms with Gasteiger partial charge in [-0.1, -0.05) is 73.6 Å². The predicted octanol–water partition coefficient (Wildman–Crippen LogP) is 5.97. The number of hydrogen-bond acceptors (Lipinski definition) is 6. The first-order chi connectivity index (χ1) is 16.7. The topological polar surface area (TPSA) is 48.7 Å². The maximum atomic E-state index is 5.13. The SMILES string of the molecule is Cc1cccc(-c2nc3sc(N4CCN(C5CCCCC5)CC4)nn3c2NC2CCCCC2)c1. The summed E-state index contributed by atoms with van der Waals surface area (Å²) in [6.45, 7) is 6.62. The summed E-state index contributed by atoms with van der Waals surface area (Å²) < 4.78 is 2.10. The summed E-state index contributed by atoms with van der Waals surface area (Å²) in [4.78, 5) is 11.3. The Balaban J connectivity index is 1.25. The summed E-state index contributed by atoms with van der Waals surface area (Å²) in [7, 11) is 0. The Kier molecular flexibility index (Phi) is 6.48. The molecule has 0 spiro atoms. The van der Waals surface area contributed by atoms with Crippen molar-refractivity contribution in [2.75, 3.05) is 36.4 Å². The van der Waals surface area contributed by atoms with Crippen LogP contribution in [0.2, 0.25) is 0 Å². The van der Waals surface area contributed by atoms with Crippen LogP contribution in [0.4, 0.5) is 10.9 Å². The van der Waals surface area contributed by atoms with Crippen LogP contribution in [-0.4, -0.2) is 57.8 Å². The number of benzene rings is 1. The van der Waals surface area contributed by atoms with Crippen LogP contribution < -0.4 is 10.2 Å². The molecule has 0 amide bonds. The quantitative estimate of drug-likeness (QED) is 0.490. The van der Waals surface area contributed by atoms with Crippen LogP contribution in [0.5, 0.6) is 0 Å². The average Bonchev–Trinajstić information content (AvgIpc) is 3.45. The number of hydrogen-bond donors (Lipinski definition) is 1. The van der Waals surface area contributed by atoms with Gasteiger partial charge in [0.25, 0.3) is 0 Å². The molecule has 182 valence electrons. The van der Waals surface area contributed by atoms with E-state index in [-0.39, 0.29) is 0 Å². The van der Waals surface area contributed by atoms with Crippen LogP contribution in [-0.2, 0) is 0 Å². The molecule has 0 bridgehead atoms. The minimum absolute atomic E-state index is 0.515. The summed E-state index contributed by atoms with van der Waals surface area (Å²) in [6, 6.07) is 10.0. The van der Waals surface area contributed by atoms with Crippen molar-refractivity contribution in [3.63, 3.8) is 0 Å². The minimum atomic E-state index is 0.515. The summed E-state index contributed by atoms with van der Waals surface area (Å²) in [5.74, 6) is 1.08. The normalized spacial score (nSPS) is 21.4. The highest BCUT2D eigenvalue weighted by atomic mass is 32.1. The largest absolute Gasteiger partial charge is 0.365 e. The zero-order valence-corrected chi connectivity index (χ0v) is 21.3. The zero-order chi connectivity index (χ0) is 22.9. The molecule has 3 fully saturated rings. The van der Waals surface area contributed by atoms with Gasteiger partial charge in [0, 0.05) is 43.8 Å². The van der Waals surface area contributed by atoms with E-state index in [4.69, 9.17) is 10.1 Å². The molecule has 1 aromatic carbocycles. The number of fused-ring (bicyclic) bond motifs is 1. The second-order valence-electron chi connectivity index (χ2n) is 10.6. The Morgan fingerprint density at radius 1 is 0.912 bits per heavy atom. The lowest BCUT2D eigenvalue weighted by Crippen LogP contribution is -2.50. The van der Waals surface area contributed by atoms with Gasteiger partial charge in [-0.3, -0.25) is 4.90 Å². The van der Waals surface area contributed by atoms with Gasteiger partial charge in [0.05, 0.1) is 0 Å². The van der Waals surface area contributed by atoms with Gasteiger partial charge in [-0.2, -0.15) is 4.52 Å². The molecule has 1 saturated heterocycles. The molecule has 1 aliphatic heterocycles. The fraction of sp³-hybridized carbons (Fsp3) is 0.630. The Morgan fingerprint density at radius 3 is 2.38 bits per heavy atom. The lowest BCUT2D eigenvalue weighted by atomic mass is 9.94. The maximum Gasteiger partial charge on any atom is 0.216 e. The van der Waals surface area contributed by atoms with Gasteiger partial charge in [0.15, 0.2) is 5.82 Å². The third-order valence-corrected chi connectivity index (χ3v) is 9.08. The van der Waals surface area contributed by atoms with E-state index >= 15 is 0 Å². The molecule has 2 aromatic heterocycles. The first kappa shape index (κ1) is 22.4. The van der Waals surface area contributed by atoms with Crippen LogP contribution in [0.1, 0.15) is 69.8 Å². The molecule has 3 heterocycles. The van der Waals surface area contributed by atoms with Crippen molar-refractivity contribution in [2.45, 2.75) is 83.2 Å². The standard InChI is InChI=1S/C27H38N6S/c1-20-9-8-10-21(19-20)24-25(28-22-11-4-2-5-12-22)33-26(29-24)34-27(30-33)32-17-15-31(16-18-32)23-13-6-3-7-14-23/h8-10,19,22-23,28H,2-7,11-18H2,1H3. The number of rotatable bonds is 5. The third kappa shape index (κ3) is 4.57. The minimum Gasteiger partial charge on any atom is -0.365 e. The Bertz CT molecular complexity index is 1100. The Morgan fingerprint density at radius 2 is 1.65 bits per heavy atom. The second-order valence-corrected chi connectivity index (χ2v) is 11.5. The van der Waals surface area contributed by atoms with Crippen LogP contribution in [0, 0.1) is 6.92 Å². The molecule has 2 aliphatic carbocycles. The van der Waals surface area contributed by atoms with Gasteiger partial charge < -0.3 is 10.2 Å². The van der Waals surface area contributed by atoms with E-state index in [0.29, 0.717) is 6.04 Å². The maximum absolute atomic E-state index is 5.13. The van der Waals surface area contributed by atoms with Crippen molar-refractivity contribution in [2.24, 2.45) is 0 Å². The first-order valence-electron chi connectivity index (χ1n) is 13.5. The van der Waals surface area contributed by atoms with Gasteiger partial charge in [-0.15, -0.1) is 5.10 Å². The molecule has 3 aromatic rings. The van der Waals surface area contributed by atoms with Crippen molar-refractivity contribution in [1.82, 2.24) is 19.5 Å². The second kappa shape index (κ2) is 9.86. The van der Waals surface area contributed by atoms with Crippen LogP contribution in [0.15, 0.2) is 24.3 Å². The summed E-state index contributed by atoms with van der Waals surface area (Å²) in [6.07, 6.45) is 13.5. The molecule has 7 heteroatoms. The molecular weight excluding hydrogens is 440 g/mol. The van der Waals surface area contributed by atoms with E-state index in [2.05, 4.69) is 50.8 Å². The van der Waals surface area contributed by atoms with Crippen molar-refractivity contribution < 1.29 is 0 Å². The highest BCUT2D eigenvalue weighted by Gasteiger charge is 2.28. The summed E-state index contributed by atoms with van der Waals surface area (Å²) >= 11 is 1.74. The lowest BCUT2D eigenvalue weighted by molar-refractivity contribution is 0.148. The van der Waals surface area contributed by atoms with Crippen LogP contribution >= 0.6 is 11.3 Å². The zero-order valence-electron chi connectivity index (χ0n) is 20.5. The third-order valence-electron chi connectivity index (χ3n) is 8.11. The van der Waals surface area contributed by atoms with E-state index in [1.807, 2.05) is 0 Å². The molecule has 0 atom stereocenters. The van der Waals surface area contributed by atoms with Crippen molar-refractivity contribution in [3.8, 4) is 11.3 Å². The van der Waals surface area contributed by atoms with Gasteiger partial charge in [0.1, 0.15) is 5.69 Å². The predicted molar refractivity (Wildman–Crippen MR) is 142 cm³/mol. The highest BCUT2D eigenvalue weighted by molar-refractivity contribution is 7.20. The van der Waals surface area contributed by atoms with Crippen LogP contribution in [0.25, 0.3) is 16.2 Å². The average molecular weight is 479 g/mol. The van der Waals surface area contributed by atoms with Crippen LogP contribution in [0.3, 0.4) is 0 Å². The summed E-state index contributed by atoms with van der Waals surface area (Å²) in [5.41, 5.74) is 3.49. The number of anilines is 2. The van der Waals surface area contributed by atoms with Gasteiger partial charge in [-0.25, -0.2) is 4.98 Å². The molecule has 34 heavy (non-hydrogen) atoms. The molecule has 6 rings (SSSR count). The van der Waals surface area contributed by atoms with E-state index in [1.54, 1.807) is 11.3 Å². The molecule has 2 saturated carbocycles. The first-order valence-corrected chi connectivity index (χ1v) is 14.3. The molecular formula is C27H38N6S. The summed E-state index contributed by atoms with van der Waals surface area (Å²) in [5, 5.41) is 10.1. The monoisotopic (exact) mass is 478 g/mol. The van der Waals surface area contributed by atoms with E-state index in [1.165, 1.54) is 75.3 Å². The van der Waals surface area contributed by atoms with E-state index < -0.39 is 0 Å². The number of piperazine rings is 1. The molecule has 0 unspecified atom stereocenters.